The summed E-state index contributed by atoms with van der Waals surface area (Å²) < 4.78 is 6.64. The second-order valence-electron chi connectivity index (χ2n) is 3.56. The fraction of sp³-hybridized carbons (Fsp3) is 0.273. The molecule has 1 aromatic heterocycles. The van der Waals surface area contributed by atoms with E-state index in [-0.39, 0.29) is 6.42 Å². The fourth-order valence-electron chi connectivity index (χ4n) is 1.38. The SMILES string of the molecule is COc1ccc(-n2nnnc2SCCC(=O)O)cc1. The van der Waals surface area contributed by atoms with Crippen molar-refractivity contribution < 1.29 is 14.6 Å². The van der Waals surface area contributed by atoms with Gasteiger partial charge < -0.3 is 9.84 Å². The van der Waals surface area contributed by atoms with E-state index in [4.69, 9.17) is 9.84 Å². The lowest BCUT2D eigenvalue weighted by Crippen LogP contribution is -2.01. The molecule has 2 aromatic rings. The van der Waals surface area contributed by atoms with Gasteiger partial charge in [-0.2, -0.15) is 4.68 Å². The van der Waals surface area contributed by atoms with E-state index in [1.807, 2.05) is 24.3 Å². The first-order valence-electron chi connectivity index (χ1n) is 5.48. The Morgan fingerprint density at radius 2 is 2.16 bits per heavy atom. The molecule has 0 aliphatic heterocycles. The summed E-state index contributed by atoms with van der Waals surface area (Å²) in [7, 11) is 1.60. The smallest absolute Gasteiger partial charge is 0.304 e. The Bertz CT molecular complexity index is 555. The molecule has 1 N–H and O–H groups in total. The number of aromatic nitrogens is 4. The Hall–Kier alpha value is -2.09. The van der Waals surface area contributed by atoms with Crippen molar-refractivity contribution in [2.45, 2.75) is 11.6 Å². The maximum atomic E-state index is 10.5. The molecule has 8 heteroatoms. The van der Waals surface area contributed by atoms with Gasteiger partial charge in [-0.1, -0.05) is 11.8 Å². The lowest BCUT2D eigenvalue weighted by Gasteiger charge is -2.04. The molecule has 1 heterocycles. The van der Waals surface area contributed by atoms with E-state index in [1.165, 1.54) is 11.8 Å². The number of hydrogen-bond donors (Lipinski definition) is 1. The molecule has 7 nitrogen and oxygen atoms in total. The summed E-state index contributed by atoms with van der Waals surface area (Å²) in [5.74, 6) is 0.333. The number of thioether (sulfide) groups is 1. The molecular weight excluding hydrogens is 268 g/mol. The highest BCUT2D eigenvalue weighted by atomic mass is 32.2. The van der Waals surface area contributed by atoms with Crippen LogP contribution in [0.5, 0.6) is 5.75 Å². The van der Waals surface area contributed by atoms with Crippen LogP contribution >= 0.6 is 11.8 Å². The molecule has 19 heavy (non-hydrogen) atoms. The number of ether oxygens (including phenoxy) is 1. The van der Waals surface area contributed by atoms with Gasteiger partial charge >= 0.3 is 5.97 Å². The number of carboxylic acids is 1. The standard InChI is InChI=1S/C11H12N4O3S/c1-18-9-4-2-8(3-5-9)15-11(12-13-14-15)19-7-6-10(16)17/h2-5H,6-7H2,1H3,(H,16,17). The predicted octanol–water partition coefficient (Wildman–Crippen LogP) is 1.24. The molecule has 0 saturated carbocycles. The minimum atomic E-state index is -0.837. The Morgan fingerprint density at radius 3 is 2.79 bits per heavy atom. The van der Waals surface area contributed by atoms with Crippen molar-refractivity contribution in [3.8, 4) is 11.4 Å². The van der Waals surface area contributed by atoms with E-state index in [0.717, 1.165) is 11.4 Å². The second kappa shape index (κ2) is 6.19. The number of aliphatic carboxylic acids is 1. The first-order valence-corrected chi connectivity index (χ1v) is 6.46. The molecule has 0 unspecified atom stereocenters. The number of nitrogens with zero attached hydrogens (tertiary/aromatic N) is 4. The van der Waals surface area contributed by atoms with E-state index in [1.54, 1.807) is 11.8 Å². The Kier molecular flexibility index (Phi) is 4.35. The average Bonchev–Trinajstić information content (AvgIpc) is 2.87. The summed E-state index contributed by atoms with van der Waals surface area (Å²) in [6.45, 7) is 0. The van der Waals surface area contributed by atoms with Gasteiger partial charge in [0.2, 0.25) is 5.16 Å². The average molecular weight is 280 g/mol. The van der Waals surface area contributed by atoms with Gasteiger partial charge in [0, 0.05) is 5.75 Å². The molecule has 0 amide bonds. The molecule has 0 fully saturated rings. The number of carbonyl (C=O) groups is 1. The van der Waals surface area contributed by atoms with Crippen LogP contribution in [0.25, 0.3) is 5.69 Å². The molecule has 1 aromatic carbocycles. The molecule has 2 rings (SSSR count). The van der Waals surface area contributed by atoms with Crippen LogP contribution in [0.2, 0.25) is 0 Å². The highest BCUT2D eigenvalue weighted by molar-refractivity contribution is 7.99. The number of methoxy groups -OCH3 is 1. The fourth-order valence-corrected chi connectivity index (χ4v) is 2.20. The van der Waals surface area contributed by atoms with Gasteiger partial charge in [0.15, 0.2) is 0 Å². The highest BCUT2D eigenvalue weighted by Crippen LogP contribution is 2.20. The van der Waals surface area contributed by atoms with Crippen LogP contribution in [0.15, 0.2) is 29.4 Å². The monoisotopic (exact) mass is 280 g/mol. The van der Waals surface area contributed by atoms with Crippen molar-refractivity contribution in [1.29, 1.82) is 0 Å². The lowest BCUT2D eigenvalue weighted by atomic mass is 10.3. The molecule has 0 atom stereocenters. The summed E-state index contributed by atoms with van der Waals surface area (Å²) >= 11 is 1.30. The predicted molar refractivity (Wildman–Crippen MR) is 68.7 cm³/mol. The summed E-state index contributed by atoms with van der Waals surface area (Å²) in [5, 5.41) is 20.5. The van der Waals surface area contributed by atoms with Gasteiger partial charge in [-0.05, 0) is 34.7 Å². The Morgan fingerprint density at radius 1 is 1.42 bits per heavy atom. The Balaban J connectivity index is 2.11. The van der Waals surface area contributed by atoms with Gasteiger partial charge in [0.1, 0.15) is 5.75 Å². The Labute approximate surface area is 113 Å². The topological polar surface area (TPSA) is 90.1 Å². The van der Waals surface area contributed by atoms with Crippen LogP contribution in [0.4, 0.5) is 0 Å². The van der Waals surface area contributed by atoms with Crippen molar-refractivity contribution in [3.05, 3.63) is 24.3 Å². The lowest BCUT2D eigenvalue weighted by molar-refractivity contribution is -0.136. The molecular formula is C11H12N4O3S. The number of hydrogen-bond acceptors (Lipinski definition) is 6. The van der Waals surface area contributed by atoms with Crippen molar-refractivity contribution in [3.63, 3.8) is 0 Å². The first kappa shape index (κ1) is 13.3. The quantitative estimate of drug-likeness (QED) is 0.796. The van der Waals surface area contributed by atoms with E-state index in [0.29, 0.717) is 10.9 Å². The van der Waals surface area contributed by atoms with E-state index >= 15 is 0 Å². The van der Waals surface area contributed by atoms with Crippen LogP contribution in [0.1, 0.15) is 6.42 Å². The zero-order valence-electron chi connectivity index (χ0n) is 10.2. The molecule has 0 aliphatic rings. The summed E-state index contributed by atoms with van der Waals surface area (Å²) in [5.41, 5.74) is 0.795. The zero-order chi connectivity index (χ0) is 13.7. The molecule has 0 bridgehead atoms. The van der Waals surface area contributed by atoms with Gasteiger partial charge in [0.25, 0.3) is 0 Å². The number of benzene rings is 1. The normalized spacial score (nSPS) is 10.4. The summed E-state index contributed by atoms with van der Waals surface area (Å²) in [6, 6.07) is 7.28. The largest absolute Gasteiger partial charge is 0.497 e. The maximum absolute atomic E-state index is 10.5. The van der Waals surface area contributed by atoms with Crippen LogP contribution in [0, 0.1) is 0 Å². The van der Waals surface area contributed by atoms with E-state index in [2.05, 4.69) is 15.5 Å². The number of rotatable bonds is 6. The summed E-state index contributed by atoms with van der Waals surface area (Å²) in [4.78, 5) is 10.5. The van der Waals surface area contributed by atoms with E-state index in [9.17, 15) is 4.79 Å². The van der Waals surface area contributed by atoms with Crippen LogP contribution in [0.3, 0.4) is 0 Å². The number of carboxylic acid groups (broad SMARTS) is 1. The zero-order valence-corrected chi connectivity index (χ0v) is 11.0. The molecule has 0 radical (unpaired) electrons. The van der Waals surface area contributed by atoms with Crippen LogP contribution in [-0.2, 0) is 4.79 Å². The van der Waals surface area contributed by atoms with Gasteiger partial charge in [0.05, 0.1) is 19.2 Å². The van der Waals surface area contributed by atoms with Crippen molar-refractivity contribution in [1.82, 2.24) is 20.2 Å². The van der Waals surface area contributed by atoms with Crippen molar-refractivity contribution in [2.24, 2.45) is 0 Å². The molecule has 0 spiro atoms. The van der Waals surface area contributed by atoms with Gasteiger partial charge in [-0.15, -0.1) is 5.10 Å². The van der Waals surface area contributed by atoms with Gasteiger partial charge in [-0.25, -0.2) is 0 Å². The van der Waals surface area contributed by atoms with Crippen molar-refractivity contribution >= 4 is 17.7 Å². The third-order valence-corrected chi connectivity index (χ3v) is 3.23. The van der Waals surface area contributed by atoms with Crippen molar-refractivity contribution in [2.75, 3.05) is 12.9 Å². The number of tetrazole rings is 1. The third-order valence-electron chi connectivity index (χ3n) is 2.30. The second-order valence-corrected chi connectivity index (χ2v) is 4.63. The molecule has 0 aliphatic carbocycles. The molecule has 0 saturated heterocycles. The molecule has 100 valence electrons. The maximum Gasteiger partial charge on any atom is 0.304 e. The van der Waals surface area contributed by atoms with Crippen LogP contribution in [-0.4, -0.2) is 44.1 Å². The van der Waals surface area contributed by atoms with E-state index < -0.39 is 5.97 Å². The highest BCUT2D eigenvalue weighted by Gasteiger charge is 2.09. The third kappa shape index (κ3) is 3.44. The summed E-state index contributed by atoms with van der Waals surface area (Å²) in [6.07, 6.45) is 0.0696. The van der Waals surface area contributed by atoms with Crippen LogP contribution < -0.4 is 4.74 Å². The first-order chi connectivity index (χ1) is 9.20. The minimum absolute atomic E-state index is 0.0696. The minimum Gasteiger partial charge on any atom is -0.497 e. The van der Waals surface area contributed by atoms with Gasteiger partial charge in [-0.3, -0.25) is 4.79 Å².